The van der Waals surface area contributed by atoms with E-state index in [1.54, 1.807) is 0 Å². The summed E-state index contributed by atoms with van der Waals surface area (Å²) in [6.07, 6.45) is 0. The maximum absolute atomic E-state index is 2.43. The van der Waals surface area contributed by atoms with E-state index in [2.05, 4.69) is 184 Å². The summed E-state index contributed by atoms with van der Waals surface area (Å²) in [5.41, 5.74) is 10.5. The van der Waals surface area contributed by atoms with Crippen molar-refractivity contribution >= 4 is 64.6 Å². The van der Waals surface area contributed by atoms with Gasteiger partial charge in [0, 0.05) is 5.41 Å². The Morgan fingerprint density at radius 2 is 0.647 bits per heavy atom. The van der Waals surface area contributed by atoms with E-state index in [1.165, 1.54) is 109 Å². The van der Waals surface area contributed by atoms with E-state index in [1.807, 2.05) is 0 Å². The molecule has 0 saturated heterocycles. The van der Waals surface area contributed by atoms with Gasteiger partial charge in [-0.25, -0.2) is 0 Å². The van der Waals surface area contributed by atoms with Crippen molar-refractivity contribution in [3.05, 3.63) is 181 Å². The number of hydrogen-bond donors (Lipinski definition) is 0. The quantitative estimate of drug-likeness (QED) is 0.164. The van der Waals surface area contributed by atoms with E-state index in [-0.39, 0.29) is 5.41 Å². The van der Waals surface area contributed by atoms with Crippen LogP contribution >= 0.6 is 0 Å². The summed E-state index contributed by atoms with van der Waals surface area (Å²) in [6.45, 7) is 4.72. The van der Waals surface area contributed by atoms with Crippen molar-refractivity contribution < 1.29 is 0 Å². The lowest BCUT2D eigenvalue weighted by molar-refractivity contribution is 0.660. The van der Waals surface area contributed by atoms with Crippen LogP contribution in [-0.4, -0.2) is 0 Å². The number of fused-ring (bicyclic) bond motifs is 14. The van der Waals surface area contributed by atoms with Crippen molar-refractivity contribution in [2.45, 2.75) is 19.3 Å². The predicted molar refractivity (Wildman–Crippen MR) is 220 cm³/mol. The highest BCUT2D eigenvalue weighted by atomic mass is 14.4. The Labute approximate surface area is 297 Å². The molecule has 0 bridgehead atoms. The van der Waals surface area contributed by atoms with Crippen molar-refractivity contribution in [1.82, 2.24) is 0 Å². The Morgan fingerprint density at radius 1 is 0.275 bits per heavy atom. The van der Waals surface area contributed by atoms with E-state index >= 15 is 0 Å². The monoisotopic (exact) mass is 646 g/mol. The SMILES string of the molecule is CC1(C)c2ccccc2-c2ccc(-c3ccc4ccc5c6cc(-c7ccc8c9ccccc9c9ccccc9c8c7)ccc6ccc5c4c3)cc21. The normalized spacial score (nSPS) is 13.5. The molecule has 0 heterocycles. The second kappa shape index (κ2) is 10.4. The first-order valence-electron chi connectivity index (χ1n) is 18.0. The molecule has 0 fully saturated rings. The molecular formula is C51H34. The van der Waals surface area contributed by atoms with Crippen LogP contribution in [0.3, 0.4) is 0 Å². The Hall–Kier alpha value is -6.24. The Morgan fingerprint density at radius 3 is 1.25 bits per heavy atom. The van der Waals surface area contributed by atoms with Crippen LogP contribution < -0.4 is 0 Å². The molecule has 0 radical (unpaired) electrons. The van der Waals surface area contributed by atoms with E-state index in [4.69, 9.17) is 0 Å². The van der Waals surface area contributed by atoms with Crippen LogP contribution in [0.1, 0.15) is 25.0 Å². The maximum Gasteiger partial charge on any atom is 0.0159 e. The van der Waals surface area contributed by atoms with E-state index in [9.17, 15) is 0 Å². The highest BCUT2D eigenvalue weighted by Gasteiger charge is 2.35. The van der Waals surface area contributed by atoms with Crippen LogP contribution in [0.25, 0.3) is 98.0 Å². The largest absolute Gasteiger partial charge is 0.0619 e. The van der Waals surface area contributed by atoms with Gasteiger partial charge in [0.1, 0.15) is 0 Å². The van der Waals surface area contributed by atoms with E-state index in [0.29, 0.717) is 0 Å². The average molecular weight is 647 g/mol. The van der Waals surface area contributed by atoms with Gasteiger partial charge in [-0.05, 0) is 133 Å². The predicted octanol–water partition coefficient (Wildman–Crippen LogP) is 14.2. The molecule has 238 valence electrons. The second-order valence-electron chi connectivity index (χ2n) is 14.9. The minimum atomic E-state index is -0.0198. The first kappa shape index (κ1) is 28.6. The Balaban J connectivity index is 1.06. The molecule has 0 aromatic heterocycles. The van der Waals surface area contributed by atoms with Gasteiger partial charge >= 0.3 is 0 Å². The standard InChI is InChI=1S/C51H34/c1-51(2)49-14-8-7-13-44(49)45-26-22-36(30-50(45)51)34-18-16-32-20-23-41-42(47(32)28-34)24-19-31-15-17-33(27-46(31)41)35-21-25-43-39-11-4-3-9-37(39)38-10-5-6-12-40(38)48(43)29-35/h3-30H,1-2H3. The number of rotatable bonds is 2. The molecule has 0 nitrogen and oxygen atoms in total. The van der Waals surface area contributed by atoms with Crippen molar-refractivity contribution in [1.29, 1.82) is 0 Å². The fourth-order valence-corrected chi connectivity index (χ4v) is 9.20. The molecule has 0 saturated carbocycles. The number of benzene rings is 10. The van der Waals surface area contributed by atoms with Gasteiger partial charge in [-0.2, -0.15) is 0 Å². The summed E-state index contributed by atoms with van der Waals surface area (Å²) in [5, 5.41) is 15.5. The fraction of sp³-hybridized carbons (Fsp3) is 0.0588. The lowest BCUT2D eigenvalue weighted by atomic mass is 9.81. The van der Waals surface area contributed by atoms with Gasteiger partial charge in [-0.3, -0.25) is 0 Å². The average Bonchev–Trinajstić information content (AvgIpc) is 3.42. The first-order chi connectivity index (χ1) is 25.0. The maximum atomic E-state index is 2.43. The van der Waals surface area contributed by atoms with Gasteiger partial charge in [-0.15, -0.1) is 0 Å². The van der Waals surface area contributed by atoms with Crippen LogP contribution in [0.15, 0.2) is 170 Å². The number of hydrogen-bond acceptors (Lipinski definition) is 0. The van der Waals surface area contributed by atoms with Gasteiger partial charge in [0.15, 0.2) is 0 Å². The van der Waals surface area contributed by atoms with Crippen LogP contribution in [0.4, 0.5) is 0 Å². The van der Waals surface area contributed by atoms with Crippen LogP contribution in [0.2, 0.25) is 0 Å². The third-order valence-electron chi connectivity index (χ3n) is 11.8. The van der Waals surface area contributed by atoms with E-state index in [0.717, 1.165) is 0 Å². The van der Waals surface area contributed by atoms with Crippen molar-refractivity contribution in [3.8, 4) is 33.4 Å². The zero-order valence-electron chi connectivity index (χ0n) is 28.7. The molecule has 10 aromatic carbocycles. The van der Waals surface area contributed by atoms with Gasteiger partial charge in [0.25, 0.3) is 0 Å². The molecule has 0 aliphatic heterocycles. The molecule has 0 heteroatoms. The third-order valence-corrected chi connectivity index (χ3v) is 11.8. The smallest absolute Gasteiger partial charge is 0.0159 e. The molecule has 51 heavy (non-hydrogen) atoms. The van der Waals surface area contributed by atoms with Gasteiger partial charge in [-0.1, -0.05) is 159 Å². The molecule has 0 unspecified atom stereocenters. The molecule has 0 amide bonds. The minimum absolute atomic E-state index is 0.0198. The van der Waals surface area contributed by atoms with Crippen molar-refractivity contribution in [3.63, 3.8) is 0 Å². The lowest BCUT2D eigenvalue weighted by Gasteiger charge is -2.22. The lowest BCUT2D eigenvalue weighted by Crippen LogP contribution is -2.14. The highest BCUT2D eigenvalue weighted by molar-refractivity contribution is 6.26. The first-order valence-corrected chi connectivity index (χ1v) is 18.0. The molecule has 0 atom stereocenters. The van der Waals surface area contributed by atoms with Crippen molar-refractivity contribution in [2.24, 2.45) is 0 Å². The summed E-state index contributed by atoms with van der Waals surface area (Å²) >= 11 is 0. The Kier molecular flexibility index (Phi) is 5.82. The molecule has 11 rings (SSSR count). The molecule has 1 aliphatic carbocycles. The third kappa shape index (κ3) is 4.08. The van der Waals surface area contributed by atoms with E-state index < -0.39 is 0 Å². The fourth-order valence-electron chi connectivity index (χ4n) is 9.20. The molecular weight excluding hydrogens is 613 g/mol. The van der Waals surface area contributed by atoms with Crippen LogP contribution in [0.5, 0.6) is 0 Å². The molecule has 1 aliphatic rings. The highest BCUT2D eigenvalue weighted by Crippen LogP contribution is 2.49. The van der Waals surface area contributed by atoms with Crippen LogP contribution in [-0.2, 0) is 5.41 Å². The van der Waals surface area contributed by atoms with Gasteiger partial charge < -0.3 is 0 Å². The Bertz CT molecular complexity index is 3070. The summed E-state index contributed by atoms with van der Waals surface area (Å²) in [7, 11) is 0. The summed E-state index contributed by atoms with van der Waals surface area (Å²) in [6, 6.07) is 63.8. The molecule has 0 N–H and O–H groups in total. The second-order valence-corrected chi connectivity index (χ2v) is 14.9. The van der Waals surface area contributed by atoms with Gasteiger partial charge in [0.05, 0.1) is 0 Å². The summed E-state index contributed by atoms with van der Waals surface area (Å²) < 4.78 is 0. The zero-order chi connectivity index (χ0) is 33.8. The summed E-state index contributed by atoms with van der Waals surface area (Å²) in [4.78, 5) is 0. The molecule has 10 aromatic rings. The summed E-state index contributed by atoms with van der Waals surface area (Å²) in [5.74, 6) is 0. The van der Waals surface area contributed by atoms with Crippen molar-refractivity contribution in [2.75, 3.05) is 0 Å². The van der Waals surface area contributed by atoms with Crippen LogP contribution in [0, 0.1) is 0 Å². The topological polar surface area (TPSA) is 0 Å². The molecule has 0 spiro atoms. The van der Waals surface area contributed by atoms with Gasteiger partial charge in [0.2, 0.25) is 0 Å². The minimum Gasteiger partial charge on any atom is -0.0619 e. The zero-order valence-corrected chi connectivity index (χ0v) is 28.7.